The number of hydrogen-bond acceptors (Lipinski definition) is 3. The number of benzene rings is 8. The normalized spacial score (nSPS) is 12.0. The summed E-state index contributed by atoms with van der Waals surface area (Å²) >= 11 is 0. The smallest absolute Gasteiger partial charge is 0.235 e. The van der Waals surface area contributed by atoms with Gasteiger partial charge in [0.1, 0.15) is 11.2 Å². The Morgan fingerprint density at radius 3 is 1.96 bits per heavy atom. The number of rotatable bonds is 3. The van der Waals surface area contributed by atoms with Crippen LogP contribution in [-0.2, 0) is 0 Å². The fraction of sp³-hybridized carbons (Fsp3) is 0. The maximum absolute atomic E-state index is 6.49. The highest BCUT2D eigenvalue weighted by Gasteiger charge is 2.21. The molecular weight excluding hydrogens is 611 g/mol. The maximum atomic E-state index is 6.49. The summed E-state index contributed by atoms with van der Waals surface area (Å²) in [7, 11) is 0. The van der Waals surface area contributed by atoms with Crippen LogP contribution in [0.4, 0.5) is 0 Å². The predicted octanol–water partition coefficient (Wildman–Crippen LogP) is 12.3. The van der Waals surface area contributed by atoms with E-state index in [0.717, 1.165) is 65.9 Å². The molecule has 0 spiro atoms. The molecule has 8 aromatic carbocycles. The van der Waals surface area contributed by atoms with Crippen LogP contribution in [-0.4, -0.2) is 14.5 Å². The zero-order valence-electron chi connectivity index (χ0n) is 26.8. The van der Waals surface area contributed by atoms with Crippen LogP contribution < -0.4 is 0 Å². The van der Waals surface area contributed by atoms with Crippen molar-refractivity contribution in [2.45, 2.75) is 0 Å². The van der Waals surface area contributed by atoms with Crippen molar-refractivity contribution in [3.05, 3.63) is 164 Å². The average Bonchev–Trinajstić information content (AvgIpc) is 3.71. The lowest BCUT2D eigenvalue weighted by Crippen LogP contribution is -2.03. The van der Waals surface area contributed by atoms with Gasteiger partial charge in [0.25, 0.3) is 0 Å². The highest BCUT2D eigenvalue weighted by atomic mass is 16.3. The van der Waals surface area contributed by atoms with Crippen LogP contribution in [0.2, 0.25) is 0 Å². The van der Waals surface area contributed by atoms with Crippen molar-refractivity contribution in [3.8, 4) is 28.3 Å². The molecule has 4 heteroatoms. The van der Waals surface area contributed by atoms with E-state index in [1.54, 1.807) is 0 Å². The minimum Gasteiger partial charge on any atom is -0.456 e. The van der Waals surface area contributed by atoms with E-state index in [1.807, 2.05) is 12.1 Å². The monoisotopic (exact) mass is 637 g/mol. The number of para-hydroxylation sites is 2. The first-order valence-corrected chi connectivity index (χ1v) is 16.9. The third-order valence-electron chi connectivity index (χ3n) is 10.2. The van der Waals surface area contributed by atoms with Gasteiger partial charge in [-0.2, -0.15) is 0 Å². The Morgan fingerprint density at radius 2 is 1.10 bits per heavy atom. The summed E-state index contributed by atoms with van der Waals surface area (Å²) in [4.78, 5) is 10.8. The van der Waals surface area contributed by atoms with Crippen molar-refractivity contribution in [2.75, 3.05) is 0 Å². The van der Waals surface area contributed by atoms with Gasteiger partial charge in [-0.15, -0.1) is 0 Å². The van der Waals surface area contributed by atoms with Crippen LogP contribution in [0.1, 0.15) is 0 Å². The molecule has 4 nitrogen and oxygen atoms in total. The summed E-state index contributed by atoms with van der Waals surface area (Å²) in [6.45, 7) is 0. The highest BCUT2D eigenvalue weighted by Crippen LogP contribution is 2.42. The second-order valence-corrected chi connectivity index (χ2v) is 13.0. The highest BCUT2D eigenvalue weighted by molar-refractivity contribution is 6.23. The number of aromatic nitrogens is 3. The number of furan rings is 1. The van der Waals surface area contributed by atoms with E-state index in [4.69, 9.17) is 14.4 Å². The molecule has 0 bridgehead atoms. The second-order valence-electron chi connectivity index (χ2n) is 13.0. The molecule has 0 N–H and O–H groups in total. The quantitative estimate of drug-likeness (QED) is 0.194. The summed E-state index contributed by atoms with van der Waals surface area (Å²) in [5.74, 6) is 0.634. The molecule has 0 saturated heterocycles. The first-order valence-electron chi connectivity index (χ1n) is 16.9. The standard InChI is InChI=1S/C46H27N3O/c1-2-12-28(13-3-1)31-22-23-40-36(25-31)37-24-29-14-4-5-15-30(29)26-41(37)49(40)46-47-39-20-10-8-18-34(39)45(48-46)38-27-43-44(33-17-7-6-16-32(33)38)35-19-9-11-21-42(35)50-43/h1-27H. The van der Waals surface area contributed by atoms with Crippen LogP contribution >= 0.6 is 0 Å². The van der Waals surface area contributed by atoms with Gasteiger partial charge in [-0.1, -0.05) is 121 Å². The Balaban J connectivity index is 1.25. The van der Waals surface area contributed by atoms with Crippen molar-refractivity contribution >= 4 is 76.2 Å². The number of hydrogen-bond donors (Lipinski definition) is 0. The fourth-order valence-electron chi connectivity index (χ4n) is 7.89. The molecule has 0 aliphatic carbocycles. The summed E-state index contributed by atoms with van der Waals surface area (Å²) in [6, 6.07) is 57.8. The molecule has 11 rings (SSSR count). The Hall–Kier alpha value is -6.78. The van der Waals surface area contributed by atoms with E-state index < -0.39 is 0 Å². The SMILES string of the molecule is c1ccc(-c2ccc3c(c2)c2cc4ccccc4cc2n3-c2nc(-c3cc4oc5ccccc5c4c4ccccc34)c3ccccc3n2)cc1. The summed E-state index contributed by atoms with van der Waals surface area (Å²) in [5.41, 5.74) is 9.01. The Bertz CT molecular complexity index is 3150. The van der Waals surface area contributed by atoms with Crippen molar-refractivity contribution in [1.82, 2.24) is 14.5 Å². The molecule has 0 radical (unpaired) electrons. The number of nitrogens with zero attached hydrogens (tertiary/aromatic N) is 3. The third kappa shape index (κ3) is 3.93. The van der Waals surface area contributed by atoms with Gasteiger partial charge in [-0.25, -0.2) is 9.97 Å². The topological polar surface area (TPSA) is 43.9 Å². The zero-order valence-corrected chi connectivity index (χ0v) is 26.8. The number of fused-ring (bicyclic) bond motifs is 10. The van der Waals surface area contributed by atoms with Crippen LogP contribution in [0, 0.1) is 0 Å². The molecule has 0 saturated carbocycles. The summed E-state index contributed by atoms with van der Waals surface area (Å²) in [5, 5.41) is 10.2. The van der Waals surface area contributed by atoms with Crippen molar-refractivity contribution in [3.63, 3.8) is 0 Å². The summed E-state index contributed by atoms with van der Waals surface area (Å²) < 4.78 is 8.73. The molecule has 0 atom stereocenters. The van der Waals surface area contributed by atoms with Gasteiger partial charge in [0.15, 0.2) is 0 Å². The molecule has 50 heavy (non-hydrogen) atoms. The lowest BCUT2D eigenvalue weighted by Gasteiger charge is -2.14. The molecule has 232 valence electrons. The van der Waals surface area contributed by atoms with Crippen LogP contribution in [0.3, 0.4) is 0 Å². The van der Waals surface area contributed by atoms with Gasteiger partial charge in [0, 0.05) is 32.5 Å². The van der Waals surface area contributed by atoms with E-state index in [1.165, 1.54) is 32.7 Å². The zero-order chi connectivity index (χ0) is 32.8. The van der Waals surface area contributed by atoms with Gasteiger partial charge in [-0.05, 0) is 75.1 Å². The van der Waals surface area contributed by atoms with E-state index in [2.05, 4.69) is 156 Å². The van der Waals surface area contributed by atoms with E-state index >= 15 is 0 Å². The molecule has 3 aromatic heterocycles. The third-order valence-corrected chi connectivity index (χ3v) is 10.2. The minimum absolute atomic E-state index is 0.634. The molecule has 11 aromatic rings. The Morgan fingerprint density at radius 1 is 0.420 bits per heavy atom. The minimum atomic E-state index is 0.634. The predicted molar refractivity (Wildman–Crippen MR) is 207 cm³/mol. The Labute approximate surface area is 286 Å². The van der Waals surface area contributed by atoms with Gasteiger partial charge in [0.2, 0.25) is 5.95 Å². The average molecular weight is 638 g/mol. The van der Waals surface area contributed by atoms with Crippen molar-refractivity contribution in [2.24, 2.45) is 0 Å². The van der Waals surface area contributed by atoms with Crippen molar-refractivity contribution < 1.29 is 4.42 Å². The van der Waals surface area contributed by atoms with Crippen molar-refractivity contribution in [1.29, 1.82) is 0 Å². The molecule has 0 unspecified atom stereocenters. The van der Waals surface area contributed by atoms with Crippen LogP contribution in [0.25, 0.3) is 105 Å². The van der Waals surface area contributed by atoms with Gasteiger partial charge in [0.05, 0.1) is 22.2 Å². The molecule has 0 aliphatic rings. The molecule has 0 amide bonds. The first kappa shape index (κ1) is 27.2. The molecule has 3 heterocycles. The Kier molecular flexibility index (Phi) is 5.63. The van der Waals surface area contributed by atoms with E-state index in [0.29, 0.717) is 5.95 Å². The fourth-order valence-corrected chi connectivity index (χ4v) is 7.89. The lowest BCUT2D eigenvalue weighted by atomic mass is 9.96. The van der Waals surface area contributed by atoms with Crippen LogP contribution in [0.15, 0.2) is 168 Å². The lowest BCUT2D eigenvalue weighted by molar-refractivity contribution is 0.669. The first-order chi connectivity index (χ1) is 24.8. The van der Waals surface area contributed by atoms with Gasteiger partial charge < -0.3 is 4.42 Å². The maximum Gasteiger partial charge on any atom is 0.235 e. The van der Waals surface area contributed by atoms with Crippen LogP contribution in [0.5, 0.6) is 0 Å². The van der Waals surface area contributed by atoms with Gasteiger partial charge in [-0.3, -0.25) is 4.57 Å². The summed E-state index contributed by atoms with van der Waals surface area (Å²) in [6.07, 6.45) is 0. The van der Waals surface area contributed by atoms with E-state index in [-0.39, 0.29) is 0 Å². The molecular formula is C46H27N3O. The molecule has 0 aliphatic heterocycles. The molecule has 0 fully saturated rings. The van der Waals surface area contributed by atoms with Gasteiger partial charge >= 0.3 is 0 Å². The van der Waals surface area contributed by atoms with E-state index in [9.17, 15) is 0 Å². The second kappa shape index (κ2) is 10.4. The largest absolute Gasteiger partial charge is 0.456 e.